The molecule has 0 radical (unpaired) electrons. The number of benzene rings is 1. The van der Waals surface area contributed by atoms with Gasteiger partial charge in [0.15, 0.2) is 0 Å². The quantitative estimate of drug-likeness (QED) is 0.683. The van der Waals surface area contributed by atoms with Gasteiger partial charge < -0.3 is 15.5 Å². The molecule has 2 aliphatic rings. The molecule has 0 bridgehead atoms. The molecule has 3 rings (SSSR count). The smallest absolute Gasteiger partial charge is 0.225 e. The summed E-state index contributed by atoms with van der Waals surface area (Å²) in [5.74, 6) is -0.0875. The van der Waals surface area contributed by atoms with Gasteiger partial charge in [0, 0.05) is 38.5 Å². The molecule has 1 saturated heterocycles. The Balaban J connectivity index is 1.35. The van der Waals surface area contributed by atoms with E-state index in [1.807, 2.05) is 30.3 Å². The molecular formula is C19H25N3O3. The highest BCUT2D eigenvalue weighted by atomic mass is 16.2. The maximum atomic E-state index is 12.2. The van der Waals surface area contributed by atoms with Crippen LogP contribution in [0.5, 0.6) is 0 Å². The minimum Gasteiger partial charge on any atom is -0.354 e. The van der Waals surface area contributed by atoms with Gasteiger partial charge in [0.1, 0.15) is 0 Å². The van der Waals surface area contributed by atoms with Gasteiger partial charge in [0.25, 0.3) is 0 Å². The Labute approximate surface area is 148 Å². The van der Waals surface area contributed by atoms with E-state index in [9.17, 15) is 14.4 Å². The number of nitrogens with zero attached hydrogens (tertiary/aromatic N) is 1. The molecule has 1 atom stereocenters. The number of amides is 3. The SMILES string of the molecule is O=C(NCCNC(=O)C1CC(=O)N(CCc2ccccc2)C1)C1CC1. The number of hydrogen-bond acceptors (Lipinski definition) is 3. The van der Waals surface area contributed by atoms with Gasteiger partial charge >= 0.3 is 0 Å². The summed E-state index contributed by atoms with van der Waals surface area (Å²) >= 11 is 0. The number of hydrogen-bond donors (Lipinski definition) is 2. The zero-order valence-electron chi connectivity index (χ0n) is 14.4. The van der Waals surface area contributed by atoms with Gasteiger partial charge in [-0.25, -0.2) is 0 Å². The summed E-state index contributed by atoms with van der Waals surface area (Å²) in [7, 11) is 0. The Bertz CT molecular complexity index is 628. The van der Waals surface area contributed by atoms with Crippen LogP contribution in [0.15, 0.2) is 30.3 Å². The highest BCUT2D eigenvalue weighted by Gasteiger charge is 2.34. The number of likely N-dealkylation sites (tertiary alicyclic amines) is 1. The Morgan fingerprint density at radius 3 is 2.28 bits per heavy atom. The lowest BCUT2D eigenvalue weighted by Gasteiger charge is -2.16. The molecule has 6 heteroatoms. The van der Waals surface area contributed by atoms with E-state index in [2.05, 4.69) is 10.6 Å². The predicted octanol–water partition coefficient (Wildman–Crippen LogP) is 0.720. The van der Waals surface area contributed by atoms with Crippen molar-refractivity contribution in [1.29, 1.82) is 0 Å². The summed E-state index contributed by atoms with van der Waals surface area (Å²) in [4.78, 5) is 37.6. The molecule has 2 fully saturated rings. The predicted molar refractivity (Wildman–Crippen MR) is 93.6 cm³/mol. The molecular weight excluding hydrogens is 318 g/mol. The van der Waals surface area contributed by atoms with Gasteiger partial charge in [-0.3, -0.25) is 14.4 Å². The number of nitrogens with one attached hydrogen (secondary N) is 2. The number of rotatable bonds is 8. The van der Waals surface area contributed by atoms with Crippen LogP contribution in [-0.2, 0) is 20.8 Å². The molecule has 2 N–H and O–H groups in total. The fraction of sp³-hybridized carbons (Fsp3) is 0.526. The van der Waals surface area contributed by atoms with Crippen LogP contribution in [0.3, 0.4) is 0 Å². The average molecular weight is 343 g/mol. The molecule has 1 aliphatic heterocycles. The third kappa shape index (κ3) is 5.05. The Morgan fingerprint density at radius 1 is 1.00 bits per heavy atom. The summed E-state index contributed by atoms with van der Waals surface area (Å²) < 4.78 is 0. The van der Waals surface area contributed by atoms with Crippen LogP contribution in [-0.4, -0.2) is 48.8 Å². The second kappa shape index (κ2) is 8.14. The fourth-order valence-corrected chi connectivity index (χ4v) is 3.08. The molecule has 0 aromatic heterocycles. The first-order chi connectivity index (χ1) is 12.1. The van der Waals surface area contributed by atoms with E-state index >= 15 is 0 Å². The summed E-state index contributed by atoms with van der Waals surface area (Å²) in [6.07, 6.45) is 3.02. The maximum Gasteiger partial charge on any atom is 0.225 e. The van der Waals surface area contributed by atoms with Crippen LogP contribution in [0.1, 0.15) is 24.8 Å². The van der Waals surface area contributed by atoms with Crippen molar-refractivity contribution in [3.63, 3.8) is 0 Å². The topological polar surface area (TPSA) is 78.5 Å². The van der Waals surface area contributed by atoms with Crippen LogP contribution in [0.2, 0.25) is 0 Å². The lowest BCUT2D eigenvalue weighted by atomic mass is 10.1. The second-order valence-electron chi connectivity index (χ2n) is 6.83. The Morgan fingerprint density at radius 2 is 1.64 bits per heavy atom. The summed E-state index contributed by atoms with van der Waals surface area (Å²) in [6.45, 7) is 1.97. The molecule has 1 saturated carbocycles. The van der Waals surface area contributed by atoms with E-state index in [-0.39, 0.29) is 36.0 Å². The van der Waals surface area contributed by atoms with E-state index in [0.717, 1.165) is 19.3 Å². The highest BCUT2D eigenvalue weighted by molar-refractivity contribution is 5.89. The molecule has 134 valence electrons. The fourth-order valence-electron chi connectivity index (χ4n) is 3.08. The summed E-state index contributed by atoms with van der Waals surface area (Å²) in [5, 5.41) is 5.64. The number of carbonyl (C=O) groups excluding carboxylic acids is 3. The van der Waals surface area contributed by atoms with Gasteiger partial charge in [-0.2, -0.15) is 0 Å². The van der Waals surface area contributed by atoms with Gasteiger partial charge in [0.2, 0.25) is 17.7 Å². The van der Waals surface area contributed by atoms with Crippen molar-refractivity contribution >= 4 is 17.7 Å². The van der Waals surface area contributed by atoms with E-state index in [1.54, 1.807) is 4.90 Å². The van der Waals surface area contributed by atoms with Crippen LogP contribution in [0.25, 0.3) is 0 Å². The van der Waals surface area contributed by atoms with Crippen LogP contribution in [0, 0.1) is 11.8 Å². The monoisotopic (exact) mass is 343 g/mol. The van der Waals surface area contributed by atoms with E-state index < -0.39 is 0 Å². The molecule has 1 aromatic rings. The second-order valence-corrected chi connectivity index (χ2v) is 6.83. The largest absolute Gasteiger partial charge is 0.354 e. The van der Waals surface area contributed by atoms with Crippen LogP contribution < -0.4 is 10.6 Å². The normalized spacial score (nSPS) is 19.8. The van der Waals surface area contributed by atoms with Crippen molar-refractivity contribution in [2.75, 3.05) is 26.2 Å². The van der Waals surface area contributed by atoms with Crippen molar-refractivity contribution < 1.29 is 14.4 Å². The lowest BCUT2D eigenvalue weighted by molar-refractivity contribution is -0.129. The van der Waals surface area contributed by atoms with Crippen LogP contribution in [0.4, 0.5) is 0 Å². The molecule has 3 amide bonds. The standard InChI is InChI=1S/C19H25N3O3/c23-17-12-16(13-22(17)11-8-14-4-2-1-3-5-14)19(25)21-10-9-20-18(24)15-6-7-15/h1-5,15-16H,6-13H2,(H,20,24)(H,21,25). The molecule has 1 aromatic carbocycles. The Kier molecular flexibility index (Phi) is 5.68. The first-order valence-electron chi connectivity index (χ1n) is 9.00. The van der Waals surface area contributed by atoms with Crippen molar-refractivity contribution in [2.24, 2.45) is 11.8 Å². The van der Waals surface area contributed by atoms with E-state index in [4.69, 9.17) is 0 Å². The van der Waals surface area contributed by atoms with Gasteiger partial charge in [-0.05, 0) is 24.8 Å². The zero-order valence-corrected chi connectivity index (χ0v) is 14.4. The maximum absolute atomic E-state index is 12.2. The van der Waals surface area contributed by atoms with Gasteiger partial charge in [-0.1, -0.05) is 30.3 Å². The highest BCUT2D eigenvalue weighted by Crippen LogP contribution is 2.28. The third-order valence-electron chi connectivity index (χ3n) is 4.77. The molecule has 1 aliphatic carbocycles. The van der Waals surface area contributed by atoms with E-state index in [0.29, 0.717) is 26.2 Å². The molecule has 0 spiro atoms. The lowest BCUT2D eigenvalue weighted by Crippen LogP contribution is -2.38. The number of carbonyl (C=O) groups is 3. The minimum atomic E-state index is -0.289. The van der Waals surface area contributed by atoms with Crippen molar-refractivity contribution in [3.8, 4) is 0 Å². The van der Waals surface area contributed by atoms with E-state index in [1.165, 1.54) is 5.56 Å². The first-order valence-corrected chi connectivity index (χ1v) is 9.00. The first kappa shape index (κ1) is 17.5. The minimum absolute atomic E-state index is 0.0399. The average Bonchev–Trinajstić information content (AvgIpc) is 3.41. The van der Waals surface area contributed by atoms with Crippen molar-refractivity contribution in [3.05, 3.63) is 35.9 Å². The summed E-state index contributed by atoms with van der Waals surface area (Å²) in [5.41, 5.74) is 1.19. The molecule has 1 heterocycles. The molecule has 6 nitrogen and oxygen atoms in total. The Hall–Kier alpha value is -2.37. The van der Waals surface area contributed by atoms with Gasteiger partial charge in [-0.15, -0.1) is 0 Å². The summed E-state index contributed by atoms with van der Waals surface area (Å²) in [6, 6.07) is 10.0. The molecule has 25 heavy (non-hydrogen) atoms. The third-order valence-corrected chi connectivity index (χ3v) is 4.77. The van der Waals surface area contributed by atoms with Crippen molar-refractivity contribution in [1.82, 2.24) is 15.5 Å². The van der Waals surface area contributed by atoms with Gasteiger partial charge in [0.05, 0.1) is 5.92 Å². The zero-order chi connectivity index (χ0) is 17.6. The van der Waals surface area contributed by atoms with Crippen LogP contribution >= 0.6 is 0 Å². The van der Waals surface area contributed by atoms with Crippen molar-refractivity contribution in [2.45, 2.75) is 25.7 Å². The molecule has 1 unspecified atom stereocenters.